The van der Waals surface area contributed by atoms with Crippen LogP contribution in [0.2, 0.25) is 0 Å². The number of allylic oxidation sites excluding steroid dienone is 1. The van der Waals surface area contributed by atoms with Crippen LogP contribution in [0.25, 0.3) is 11.8 Å². The Morgan fingerprint density at radius 3 is 2.25 bits per heavy atom. The first-order valence-electron chi connectivity index (χ1n) is 10.8. The van der Waals surface area contributed by atoms with E-state index in [-0.39, 0.29) is 11.5 Å². The van der Waals surface area contributed by atoms with Crippen LogP contribution >= 0.6 is 35.3 Å². The third kappa shape index (κ3) is 3.62. The highest BCUT2D eigenvalue weighted by Crippen LogP contribution is 2.45. The molecule has 0 aliphatic carbocycles. The third-order valence-corrected chi connectivity index (χ3v) is 8.28. The lowest BCUT2D eigenvalue weighted by atomic mass is 10.3. The lowest BCUT2D eigenvalue weighted by Gasteiger charge is -2.17. The van der Waals surface area contributed by atoms with E-state index in [1.165, 1.54) is 21.9 Å². The van der Waals surface area contributed by atoms with Gasteiger partial charge < -0.3 is 9.80 Å². The minimum Gasteiger partial charge on any atom is -0.335 e. The van der Waals surface area contributed by atoms with E-state index in [0.29, 0.717) is 39.6 Å². The van der Waals surface area contributed by atoms with E-state index in [9.17, 15) is 9.59 Å². The van der Waals surface area contributed by atoms with E-state index >= 15 is 0 Å². The first-order valence-corrected chi connectivity index (χ1v) is 12.8. The molecule has 1 aromatic heterocycles. The first-order chi connectivity index (χ1) is 15.5. The normalized spacial score (nSPS) is 19.7. The Hall–Kier alpha value is -2.36. The van der Waals surface area contributed by atoms with Crippen molar-refractivity contribution in [3.8, 4) is 0 Å². The molecular formula is C23H26N4O2S3. The Kier molecular flexibility index (Phi) is 6.60. The summed E-state index contributed by atoms with van der Waals surface area (Å²) in [5.41, 5.74) is 1.62. The summed E-state index contributed by atoms with van der Waals surface area (Å²) in [6.07, 6.45) is 3.89. The first kappa shape index (κ1) is 22.8. The molecule has 1 aromatic carbocycles. The predicted octanol–water partition coefficient (Wildman–Crippen LogP) is 2.76. The van der Waals surface area contributed by atoms with Crippen molar-refractivity contribution in [2.75, 3.05) is 24.5 Å². The molecule has 2 aliphatic heterocycles. The van der Waals surface area contributed by atoms with E-state index in [0.717, 1.165) is 11.6 Å². The molecule has 0 bridgehead atoms. The van der Waals surface area contributed by atoms with Gasteiger partial charge in [0, 0.05) is 31.1 Å². The molecule has 4 rings (SSSR count). The monoisotopic (exact) mass is 486 g/mol. The smallest absolute Gasteiger partial charge is 0.279 e. The second-order valence-electron chi connectivity index (χ2n) is 7.23. The molecule has 0 unspecified atom stereocenters. The van der Waals surface area contributed by atoms with E-state index in [2.05, 4.69) is 24.0 Å². The molecule has 32 heavy (non-hydrogen) atoms. The molecule has 1 saturated heterocycles. The van der Waals surface area contributed by atoms with Gasteiger partial charge >= 0.3 is 0 Å². The van der Waals surface area contributed by atoms with Gasteiger partial charge in [-0.15, -0.1) is 11.3 Å². The lowest BCUT2D eigenvalue weighted by molar-refractivity contribution is -0.120. The van der Waals surface area contributed by atoms with E-state index < -0.39 is 0 Å². The van der Waals surface area contributed by atoms with Gasteiger partial charge in [-0.25, -0.2) is 0 Å². The summed E-state index contributed by atoms with van der Waals surface area (Å²) in [5.74, 6) is -0.133. The Labute approximate surface area is 201 Å². The van der Waals surface area contributed by atoms with Crippen LogP contribution in [0.1, 0.15) is 27.7 Å². The number of likely N-dealkylation sites (N-methyl/N-ethyl adjacent to an activating group) is 2. The lowest BCUT2D eigenvalue weighted by Crippen LogP contribution is -2.34. The van der Waals surface area contributed by atoms with Gasteiger partial charge in [0.2, 0.25) is 0 Å². The van der Waals surface area contributed by atoms with Crippen LogP contribution in [0, 0.1) is 0 Å². The molecule has 6 nitrogen and oxygen atoms in total. The molecule has 0 saturated carbocycles. The number of thiazole rings is 1. The molecule has 2 aliphatic rings. The zero-order valence-electron chi connectivity index (χ0n) is 18.6. The summed E-state index contributed by atoms with van der Waals surface area (Å²) >= 11 is 8.58. The van der Waals surface area contributed by atoms with E-state index in [1.807, 2.05) is 50.0 Å². The fourth-order valence-electron chi connectivity index (χ4n) is 4.00. The second kappa shape index (κ2) is 9.25. The van der Waals surface area contributed by atoms with E-state index in [1.54, 1.807) is 21.2 Å². The summed E-state index contributed by atoms with van der Waals surface area (Å²) in [4.78, 5) is 33.2. The minimum atomic E-state index is -0.133. The number of fused-ring (bicyclic) bond motifs is 1. The number of carbonyl (C=O) groups excluding carboxylic acids is 1. The molecule has 0 spiro atoms. The number of hydrogen-bond acceptors (Lipinski definition) is 6. The number of thiocarbonyl (C=S) groups is 1. The average molecular weight is 487 g/mol. The van der Waals surface area contributed by atoms with Gasteiger partial charge in [-0.05, 0) is 64.2 Å². The van der Waals surface area contributed by atoms with Crippen LogP contribution < -0.4 is 19.7 Å². The number of aromatic nitrogens is 1. The standard InChI is InChI=1S/C23H26N4O2S3/c1-5-24-15-11-9-10-12-16(15)31-18(24)14-13-17-20(28)26(7-3)22(32-17)19-21(29)27(8-4)23(30)25(19)6-2/h9-14H,5-8H2,1-4H3. The Morgan fingerprint density at radius 2 is 1.59 bits per heavy atom. The van der Waals surface area contributed by atoms with Crippen molar-refractivity contribution in [3.63, 3.8) is 0 Å². The highest BCUT2D eigenvalue weighted by molar-refractivity contribution is 8.03. The number of carbonyl (C=O) groups is 1. The molecule has 0 atom stereocenters. The van der Waals surface area contributed by atoms with Gasteiger partial charge in [-0.1, -0.05) is 23.9 Å². The van der Waals surface area contributed by atoms with Gasteiger partial charge in [-0.3, -0.25) is 19.1 Å². The summed E-state index contributed by atoms with van der Waals surface area (Å²) in [6, 6.07) is 8.31. The maximum atomic E-state index is 13.2. The van der Waals surface area contributed by atoms with Crippen molar-refractivity contribution in [2.24, 2.45) is 0 Å². The summed E-state index contributed by atoms with van der Waals surface area (Å²) < 4.78 is 2.96. The molecule has 2 aromatic rings. The molecule has 1 amide bonds. The fourth-order valence-corrected chi connectivity index (χ4v) is 6.72. The number of hydrogen-bond donors (Lipinski definition) is 0. The number of thioether (sulfide) groups is 1. The van der Waals surface area contributed by atoms with E-state index in [4.69, 9.17) is 12.2 Å². The molecule has 0 radical (unpaired) electrons. The quantitative estimate of drug-likeness (QED) is 0.606. The van der Waals surface area contributed by atoms with Crippen molar-refractivity contribution in [3.05, 3.63) is 54.9 Å². The number of rotatable bonds is 5. The summed E-state index contributed by atoms with van der Waals surface area (Å²) in [5, 5.41) is 1.59. The van der Waals surface area contributed by atoms with Gasteiger partial charge in [0.15, 0.2) is 5.11 Å². The SMILES string of the molecule is CCN1C(=O)C(=c2sc(=CC=C3Sc4ccccc4N3CC)c(=O)n2CC)N(CC)C1=S. The van der Waals surface area contributed by atoms with Crippen LogP contribution in [-0.2, 0) is 11.3 Å². The van der Waals surface area contributed by atoms with Crippen LogP contribution in [-0.4, -0.2) is 45.0 Å². The van der Waals surface area contributed by atoms with Crippen LogP contribution in [0.4, 0.5) is 5.69 Å². The minimum absolute atomic E-state index is 0.0786. The van der Waals surface area contributed by atoms with Crippen LogP contribution in [0.5, 0.6) is 0 Å². The fraction of sp³-hybridized carbons (Fsp3) is 0.348. The zero-order chi connectivity index (χ0) is 23.0. The van der Waals surface area contributed by atoms with Crippen molar-refractivity contribution in [1.82, 2.24) is 14.4 Å². The molecular weight excluding hydrogens is 460 g/mol. The van der Waals surface area contributed by atoms with Crippen molar-refractivity contribution < 1.29 is 4.79 Å². The van der Waals surface area contributed by atoms with Crippen LogP contribution in [0.3, 0.4) is 0 Å². The Bertz CT molecular complexity index is 1290. The highest BCUT2D eigenvalue weighted by Gasteiger charge is 2.37. The van der Waals surface area contributed by atoms with Crippen molar-refractivity contribution in [2.45, 2.75) is 39.1 Å². The van der Waals surface area contributed by atoms with Gasteiger partial charge in [0.25, 0.3) is 11.5 Å². The molecule has 1 fully saturated rings. The maximum absolute atomic E-state index is 13.2. The number of amides is 1. The van der Waals surface area contributed by atoms with Crippen molar-refractivity contribution >= 4 is 63.8 Å². The number of benzene rings is 1. The number of anilines is 1. The molecule has 3 heterocycles. The molecule has 0 N–H and O–H groups in total. The third-order valence-electron chi connectivity index (χ3n) is 5.57. The zero-order valence-corrected chi connectivity index (χ0v) is 21.1. The highest BCUT2D eigenvalue weighted by atomic mass is 32.2. The van der Waals surface area contributed by atoms with Crippen LogP contribution in [0.15, 0.2) is 45.1 Å². The van der Waals surface area contributed by atoms with Gasteiger partial charge in [-0.2, -0.15) is 0 Å². The number of para-hydroxylation sites is 1. The van der Waals surface area contributed by atoms with Crippen molar-refractivity contribution in [1.29, 1.82) is 0 Å². The summed E-state index contributed by atoms with van der Waals surface area (Å²) in [6.45, 7) is 10.3. The average Bonchev–Trinajstić information content (AvgIpc) is 3.39. The summed E-state index contributed by atoms with van der Waals surface area (Å²) in [7, 11) is 0. The van der Waals surface area contributed by atoms with Gasteiger partial charge in [0.1, 0.15) is 10.4 Å². The second-order valence-corrected chi connectivity index (χ2v) is 9.69. The molecule has 168 valence electrons. The number of nitrogens with zero attached hydrogens (tertiary/aromatic N) is 4. The topological polar surface area (TPSA) is 48.8 Å². The molecule has 9 heteroatoms. The predicted molar refractivity (Wildman–Crippen MR) is 137 cm³/mol. The largest absolute Gasteiger partial charge is 0.335 e. The maximum Gasteiger partial charge on any atom is 0.279 e. The Morgan fingerprint density at radius 1 is 0.906 bits per heavy atom. The van der Waals surface area contributed by atoms with Gasteiger partial charge in [0.05, 0.1) is 15.2 Å². The Balaban J connectivity index is 1.86.